The number of rotatable bonds is 12. The van der Waals surface area contributed by atoms with Gasteiger partial charge in [-0.2, -0.15) is 11.8 Å². The Morgan fingerprint density at radius 3 is 2.79 bits per heavy atom. The third-order valence-corrected chi connectivity index (χ3v) is 5.04. The fraction of sp³-hybridized carbons (Fsp3) is 0.550. The van der Waals surface area contributed by atoms with Crippen LogP contribution < -0.4 is 10.6 Å². The fourth-order valence-corrected chi connectivity index (χ4v) is 3.27. The number of benzene rings is 1. The normalized spacial score (nSPS) is 18.6. The highest BCUT2D eigenvalue weighted by Gasteiger charge is 2.52. The molecule has 2 rings (SSSR count). The number of amides is 2. The van der Waals surface area contributed by atoms with Crippen molar-refractivity contribution in [3.05, 3.63) is 35.6 Å². The molecular formula is C20H27FN2O5S. The van der Waals surface area contributed by atoms with Gasteiger partial charge >= 0.3 is 5.97 Å². The van der Waals surface area contributed by atoms with Crippen LogP contribution >= 0.6 is 11.8 Å². The number of hydrogen-bond donors (Lipinski definition) is 2. The van der Waals surface area contributed by atoms with Gasteiger partial charge in [-0.15, -0.1) is 0 Å². The van der Waals surface area contributed by atoms with Crippen LogP contribution in [0.1, 0.15) is 25.3 Å². The number of carbonyl (C=O) groups is 3. The Bertz CT molecular complexity index is 718. The summed E-state index contributed by atoms with van der Waals surface area (Å²) in [4.78, 5) is 36.5. The van der Waals surface area contributed by atoms with Gasteiger partial charge in [0.1, 0.15) is 11.9 Å². The summed E-state index contributed by atoms with van der Waals surface area (Å²) in [6.07, 6.45) is 1.83. The van der Waals surface area contributed by atoms with Crippen LogP contribution in [-0.2, 0) is 30.3 Å². The number of epoxide rings is 1. The minimum absolute atomic E-state index is 0.206. The average Bonchev–Trinajstić information content (AvgIpc) is 3.48. The first-order valence-electron chi connectivity index (χ1n) is 9.59. The summed E-state index contributed by atoms with van der Waals surface area (Å²) in [5, 5.41) is 5.45. The zero-order valence-electron chi connectivity index (χ0n) is 16.6. The lowest BCUT2D eigenvalue weighted by Gasteiger charge is -2.18. The molecule has 2 amide bonds. The number of ether oxygens (including phenoxy) is 2. The SMILES string of the molecule is CCOC(=O)[C@H]1O[C@@H]1C(=O)N[C@@H](CCCSC)C(=O)NCCc1cccc(F)c1. The van der Waals surface area contributed by atoms with Crippen molar-refractivity contribution in [2.75, 3.05) is 25.2 Å². The molecule has 1 aromatic rings. The van der Waals surface area contributed by atoms with Crippen LogP contribution in [0.25, 0.3) is 0 Å². The molecule has 0 unspecified atom stereocenters. The number of esters is 1. The van der Waals surface area contributed by atoms with Gasteiger partial charge in [-0.1, -0.05) is 12.1 Å². The number of hydrogen-bond acceptors (Lipinski definition) is 6. The van der Waals surface area contributed by atoms with E-state index in [-0.39, 0.29) is 18.3 Å². The molecule has 0 spiro atoms. The van der Waals surface area contributed by atoms with Crippen molar-refractivity contribution in [3.63, 3.8) is 0 Å². The van der Waals surface area contributed by atoms with Crippen molar-refractivity contribution in [1.29, 1.82) is 0 Å². The Morgan fingerprint density at radius 2 is 2.10 bits per heavy atom. The predicted octanol–water partition coefficient (Wildman–Crippen LogP) is 1.44. The number of thioether (sulfide) groups is 1. The number of nitrogens with one attached hydrogen (secondary N) is 2. The van der Waals surface area contributed by atoms with E-state index in [0.29, 0.717) is 19.4 Å². The molecule has 1 aliphatic heterocycles. The lowest BCUT2D eigenvalue weighted by Crippen LogP contribution is -2.48. The van der Waals surface area contributed by atoms with Crippen LogP contribution in [-0.4, -0.2) is 61.2 Å². The molecule has 0 saturated carbocycles. The largest absolute Gasteiger partial charge is 0.464 e. The Kier molecular flexibility index (Phi) is 9.40. The smallest absolute Gasteiger partial charge is 0.338 e. The van der Waals surface area contributed by atoms with Gasteiger partial charge in [0, 0.05) is 6.54 Å². The van der Waals surface area contributed by atoms with Gasteiger partial charge in [-0.25, -0.2) is 9.18 Å². The summed E-state index contributed by atoms with van der Waals surface area (Å²) in [5.74, 6) is -0.863. The Morgan fingerprint density at radius 1 is 1.31 bits per heavy atom. The minimum Gasteiger partial charge on any atom is -0.464 e. The molecule has 160 valence electrons. The lowest BCUT2D eigenvalue weighted by atomic mass is 10.1. The van der Waals surface area contributed by atoms with Crippen molar-refractivity contribution in [2.24, 2.45) is 0 Å². The topological polar surface area (TPSA) is 97.0 Å². The van der Waals surface area contributed by atoms with Crippen molar-refractivity contribution < 1.29 is 28.2 Å². The maximum absolute atomic E-state index is 13.2. The first-order valence-corrected chi connectivity index (χ1v) is 11.0. The van der Waals surface area contributed by atoms with Gasteiger partial charge in [0.25, 0.3) is 5.91 Å². The summed E-state index contributed by atoms with van der Waals surface area (Å²) < 4.78 is 23.2. The van der Waals surface area contributed by atoms with Gasteiger partial charge in [0.2, 0.25) is 5.91 Å². The van der Waals surface area contributed by atoms with E-state index in [0.717, 1.165) is 17.7 Å². The van der Waals surface area contributed by atoms with Crippen LogP contribution in [0.15, 0.2) is 24.3 Å². The summed E-state index contributed by atoms with van der Waals surface area (Å²) in [7, 11) is 0. The maximum Gasteiger partial charge on any atom is 0.338 e. The van der Waals surface area contributed by atoms with Gasteiger partial charge < -0.3 is 20.1 Å². The zero-order chi connectivity index (χ0) is 21.2. The molecule has 0 aromatic heterocycles. The molecular weight excluding hydrogens is 399 g/mol. The van der Waals surface area contributed by atoms with Crippen molar-refractivity contribution in [2.45, 2.75) is 44.4 Å². The molecule has 9 heteroatoms. The van der Waals surface area contributed by atoms with E-state index in [4.69, 9.17) is 9.47 Å². The van der Waals surface area contributed by atoms with E-state index in [1.807, 2.05) is 6.26 Å². The summed E-state index contributed by atoms with van der Waals surface area (Å²) in [5.41, 5.74) is 0.775. The van der Waals surface area contributed by atoms with Gasteiger partial charge in [-0.3, -0.25) is 9.59 Å². The number of halogens is 1. The monoisotopic (exact) mass is 426 g/mol. The van der Waals surface area contributed by atoms with Gasteiger partial charge in [-0.05, 0) is 55.9 Å². The first kappa shape index (κ1) is 23.2. The average molecular weight is 427 g/mol. The first-order chi connectivity index (χ1) is 14.0. The third-order valence-electron chi connectivity index (χ3n) is 4.35. The third kappa shape index (κ3) is 7.66. The van der Waals surface area contributed by atoms with E-state index in [1.165, 1.54) is 12.1 Å². The van der Waals surface area contributed by atoms with Crippen LogP contribution in [0, 0.1) is 5.82 Å². The highest BCUT2D eigenvalue weighted by molar-refractivity contribution is 7.98. The summed E-state index contributed by atoms with van der Waals surface area (Å²) in [6.45, 7) is 2.20. The van der Waals surface area contributed by atoms with Crippen molar-refractivity contribution >= 4 is 29.5 Å². The van der Waals surface area contributed by atoms with Gasteiger partial charge in [0.15, 0.2) is 12.2 Å². The minimum atomic E-state index is -0.919. The van der Waals surface area contributed by atoms with Crippen LogP contribution in [0.2, 0.25) is 0 Å². The van der Waals surface area contributed by atoms with E-state index >= 15 is 0 Å². The molecule has 29 heavy (non-hydrogen) atoms. The van der Waals surface area contributed by atoms with E-state index in [9.17, 15) is 18.8 Å². The second kappa shape index (κ2) is 11.8. The Hall–Kier alpha value is -2.13. The second-order valence-corrected chi connectivity index (χ2v) is 7.58. The molecule has 7 nitrogen and oxygen atoms in total. The van der Waals surface area contributed by atoms with Crippen molar-refractivity contribution in [1.82, 2.24) is 10.6 Å². The molecule has 1 aromatic carbocycles. The molecule has 1 saturated heterocycles. The van der Waals surface area contributed by atoms with E-state index in [2.05, 4.69) is 10.6 Å². The Balaban J connectivity index is 1.85. The molecule has 1 aliphatic rings. The summed E-state index contributed by atoms with van der Waals surface area (Å²) in [6, 6.07) is 5.46. The second-order valence-electron chi connectivity index (χ2n) is 6.60. The molecule has 0 radical (unpaired) electrons. The zero-order valence-corrected chi connectivity index (χ0v) is 17.4. The highest BCUT2D eigenvalue weighted by Crippen LogP contribution is 2.24. The standard InChI is InChI=1S/C20H27FN2O5S/c1-3-27-20(26)17-16(28-17)19(25)23-15(8-5-11-29-2)18(24)22-10-9-13-6-4-7-14(21)12-13/h4,6-7,12,15-17H,3,5,8-11H2,1-2H3,(H,22,24)(H,23,25)/t15-,16-,17-/m0/s1. The quantitative estimate of drug-likeness (QED) is 0.298. The van der Waals surface area contributed by atoms with Crippen LogP contribution in [0.5, 0.6) is 0 Å². The molecule has 0 aliphatic carbocycles. The lowest BCUT2D eigenvalue weighted by molar-refractivity contribution is -0.144. The molecule has 3 atom stereocenters. The van der Waals surface area contributed by atoms with Gasteiger partial charge in [0.05, 0.1) is 6.61 Å². The maximum atomic E-state index is 13.2. The van der Waals surface area contributed by atoms with Crippen molar-refractivity contribution in [3.8, 4) is 0 Å². The summed E-state index contributed by atoms with van der Waals surface area (Å²) >= 11 is 1.65. The number of carbonyl (C=O) groups excluding carboxylic acids is 3. The molecule has 0 bridgehead atoms. The fourth-order valence-electron chi connectivity index (χ4n) is 2.82. The predicted molar refractivity (Wildman–Crippen MR) is 108 cm³/mol. The van der Waals surface area contributed by atoms with E-state index in [1.54, 1.807) is 30.8 Å². The Labute approximate surface area is 174 Å². The van der Waals surface area contributed by atoms with Crippen LogP contribution in [0.3, 0.4) is 0 Å². The molecule has 1 heterocycles. The molecule has 2 N–H and O–H groups in total. The molecule has 1 fully saturated rings. The van der Waals surface area contributed by atoms with Crippen LogP contribution in [0.4, 0.5) is 4.39 Å². The van der Waals surface area contributed by atoms with E-state index < -0.39 is 30.1 Å². The highest BCUT2D eigenvalue weighted by atomic mass is 32.2.